The lowest BCUT2D eigenvalue weighted by molar-refractivity contribution is 0.0825. The minimum Gasteiger partial charge on any atom is -0.396 e. The number of rotatable bonds is 7. The van der Waals surface area contributed by atoms with E-state index in [-0.39, 0.29) is 18.6 Å². The number of hydrogen-bond donors (Lipinski definition) is 1. The smallest absolute Gasteiger partial charge is 0.0821 e. The summed E-state index contributed by atoms with van der Waals surface area (Å²) >= 11 is 0. The Labute approximate surface area is 205 Å². The monoisotopic (exact) mass is 456 g/mol. The highest BCUT2D eigenvalue weighted by atomic mass is 16.5. The van der Waals surface area contributed by atoms with Crippen molar-refractivity contribution in [2.45, 2.75) is 112 Å². The normalized spacial score (nSPS) is 36.7. The van der Waals surface area contributed by atoms with Gasteiger partial charge in [-0.25, -0.2) is 0 Å². The SMILES string of the molecule is C=C1/C(=C(C)\C=C2/CCC[C@@]3(C)C2CCC3[C@H](C)CCCC(C)(C)C)C[C@@H](CO)C[C@@H]1OC. The van der Waals surface area contributed by atoms with Crippen LogP contribution >= 0.6 is 0 Å². The van der Waals surface area contributed by atoms with Crippen molar-refractivity contribution in [2.24, 2.45) is 34.5 Å². The quantitative estimate of drug-likeness (QED) is 0.417. The molecule has 3 saturated carbocycles. The van der Waals surface area contributed by atoms with E-state index in [1.54, 1.807) is 12.7 Å². The first-order chi connectivity index (χ1) is 15.5. The van der Waals surface area contributed by atoms with Gasteiger partial charge < -0.3 is 9.84 Å². The fraction of sp³-hybridized carbons (Fsp3) is 0.806. The molecule has 0 heterocycles. The van der Waals surface area contributed by atoms with Gasteiger partial charge in [0.05, 0.1) is 6.10 Å². The molecule has 0 bridgehead atoms. The van der Waals surface area contributed by atoms with Gasteiger partial charge in [-0.05, 0) is 110 Å². The first-order valence-corrected chi connectivity index (χ1v) is 13.7. The second-order valence-electron chi connectivity index (χ2n) is 13.1. The van der Waals surface area contributed by atoms with E-state index < -0.39 is 0 Å². The van der Waals surface area contributed by atoms with Gasteiger partial charge in [0.25, 0.3) is 0 Å². The first-order valence-electron chi connectivity index (χ1n) is 13.7. The van der Waals surface area contributed by atoms with E-state index in [4.69, 9.17) is 4.74 Å². The topological polar surface area (TPSA) is 29.5 Å². The number of hydrogen-bond acceptors (Lipinski definition) is 2. The molecule has 3 rings (SSSR count). The van der Waals surface area contributed by atoms with Gasteiger partial charge in [-0.1, -0.05) is 65.7 Å². The molecule has 2 unspecified atom stereocenters. The molecule has 188 valence electrons. The summed E-state index contributed by atoms with van der Waals surface area (Å²) in [6, 6.07) is 0. The van der Waals surface area contributed by atoms with Gasteiger partial charge in [0.15, 0.2) is 0 Å². The Hall–Kier alpha value is -0.860. The fourth-order valence-electron chi connectivity index (χ4n) is 7.64. The van der Waals surface area contributed by atoms with E-state index in [2.05, 4.69) is 54.2 Å². The molecule has 3 aliphatic carbocycles. The highest BCUT2D eigenvalue weighted by Gasteiger charge is 2.50. The summed E-state index contributed by atoms with van der Waals surface area (Å²) in [6.45, 7) is 19.2. The lowest BCUT2D eigenvalue weighted by Crippen LogP contribution is -2.36. The number of aliphatic hydroxyl groups is 1. The fourth-order valence-corrected chi connectivity index (χ4v) is 7.64. The standard InChI is InChI=1S/C31H52O2/c1-21(11-9-15-30(4,5)6)27-13-14-28-25(12-10-16-31(27,28)7)17-22(2)26-18-24(20-32)19-29(33-8)23(26)3/h17,21,24,27-29,32H,3,9-16,18-20H2,1-2,4-8H3/b25-17+,26-22-/t21-,24-,27?,28?,29+,31-/m1/s1. The Bertz CT molecular complexity index is 751. The van der Waals surface area contributed by atoms with Crippen molar-refractivity contribution >= 4 is 0 Å². The summed E-state index contributed by atoms with van der Waals surface area (Å²) in [5.41, 5.74) is 6.42. The number of methoxy groups -OCH3 is 1. The van der Waals surface area contributed by atoms with Gasteiger partial charge in [-0.3, -0.25) is 0 Å². The molecule has 2 heteroatoms. The zero-order valence-corrected chi connectivity index (χ0v) is 22.8. The van der Waals surface area contributed by atoms with Crippen LogP contribution in [0.2, 0.25) is 0 Å². The molecule has 0 spiro atoms. The third-order valence-electron chi connectivity index (χ3n) is 9.55. The summed E-state index contributed by atoms with van der Waals surface area (Å²) in [4.78, 5) is 0. The van der Waals surface area contributed by atoms with Gasteiger partial charge in [0, 0.05) is 13.7 Å². The van der Waals surface area contributed by atoms with Crippen LogP contribution in [-0.4, -0.2) is 24.9 Å². The van der Waals surface area contributed by atoms with Crippen molar-refractivity contribution in [1.82, 2.24) is 0 Å². The van der Waals surface area contributed by atoms with Crippen molar-refractivity contribution in [3.8, 4) is 0 Å². The van der Waals surface area contributed by atoms with Crippen LogP contribution in [0.3, 0.4) is 0 Å². The van der Waals surface area contributed by atoms with E-state index >= 15 is 0 Å². The molecular weight excluding hydrogens is 404 g/mol. The maximum absolute atomic E-state index is 9.83. The Morgan fingerprint density at radius 2 is 2.03 bits per heavy atom. The minimum atomic E-state index is 0.0423. The molecule has 0 amide bonds. The number of ether oxygens (including phenoxy) is 1. The molecule has 6 atom stereocenters. The molecule has 0 aromatic rings. The van der Waals surface area contributed by atoms with Crippen molar-refractivity contribution in [3.05, 3.63) is 34.9 Å². The molecule has 3 fully saturated rings. The third kappa shape index (κ3) is 6.04. The number of aliphatic hydroxyl groups excluding tert-OH is 1. The number of fused-ring (bicyclic) bond motifs is 1. The zero-order valence-electron chi connectivity index (χ0n) is 22.8. The summed E-state index contributed by atoms with van der Waals surface area (Å²) in [6.07, 6.45) is 15.2. The molecule has 3 aliphatic rings. The lowest BCUT2D eigenvalue weighted by atomic mass is 9.60. The second kappa shape index (κ2) is 10.8. The Morgan fingerprint density at radius 3 is 2.67 bits per heavy atom. The van der Waals surface area contributed by atoms with Crippen LogP contribution in [0.15, 0.2) is 34.9 Å². The van der Waals surface area contributed by atoms with Crippen molar-refractivity contribution in [3.63, 3.8) is 0 Å². The summed E-state index contributed by atoms with van der Waals surface area (Å²) in [5.74, 6) is 2.71. The largest absolute Gasteiger partial charge is 0.396 e. The van der Waals surface area contributed by atoms with Crippen LogP contribution in [-0.2, 0) is 4.74 Å². The van der Waals surface area contributed by atoms with E-state index in [1.807, 2.05) is 0 Å². The molecular formula is C31H52O2. The highest BCUT2D eigenvalue weighted by Crippen LogP contribution is 2.60. The minimum absolute atomic E-state index is 0.0423. The molecule has 0 aromatic heterocycles. The molecule has 0 saturated heterocycles. The average molecular weight is 457 g/mol. The molecule has 0 radical (unpaired) electrons. The Kier molecular flexibility index (Phi) is 8.76. The highest BCUT2D eigenvalue weighted by molar-refractivity contribution is 5.43. The van der Waals surface area contributed by atoms with Gasteiger partial charge in [0.1, 0.15) is 0 Å². The van der Waals surface area contributed by atoms with Gasteiger partial charge in [-0.2, -0.15) is 0 Å². The van der Waals surface area contributed by atoms with Crippen LogP contribution in [0.1, 0.15) is 106 Å². The van der Waals surface area contributed by atoms with Crippen LogP contribution in [0.25, 0.3) is 0 Å². The van der Waals surface area contributed by atoms with Crippen LogP contribution < -0.4 is 0 Å². The Balaban J connectivity index is 1.78. The first kappa shape index (κ1) is 26.7. The second-order valence-corrected chi connectivity index (χ2v) is 13.1. The molecule has 0 aliphatic heterocycles. The maximum Gasteiger partial charge on any atom is 0.0821 e. The van der Waals surface area contributed by atoms with Crippen LogP contribution in [0.4, 0.5) is 0 Å². The van der Waals surface area contributed by atoms with Crippen molar-refractivity contribution < 1.29 is 9.84 Å². The van der Waals surface area contributed by atoms with Gasteiger partial charge in [-0.15, -0.1) is 0 Å². The summed E-state index contributed by atoms with van der Waals surface area (Å²) in [7, 11) is 1.77. The van der Waals surface area contributed by atoms with Crippen molar-refractivity contribution in [2.75, 3.05) is 13.7 Å². The van der Waals surface area contributed by atoms with Crippen molar-refractivity contribution in [1.29, 1.82) is 0 Å². The van der Waals surface area contributed by atoms with E-state index in [0.29, 0.717) is 10.8 Å². The maximum atomic E-state index is 9.83. The predicted molar refractivity (Wildman–Crippen MR) is 141 cm³/mol. The van der Waals surface area contributed by atoms with Crippen LogP contribution in [0.5, 0.6) is 0 Å². The van der Waals surface area contributed by atoms with Crippen LogP contribution in [0, 0.1) is 34.5 Å². The van der Waals surface area contributed by atoms with E-state index in [1.165, 1.54) is 62.5 Å². The molecule has 1 N–H and O–H groups in total. The molecule has 33 heavy (non-hydrogen) atoms. The summed E-state index contributed by atoms with van der Waals surface area (Å²) in [5, 5.41) is 9.83. The molecule has 0 aromatic carbocycles. The lowest BCUT2D eigenvalue weighted by Gasteiger charge is -2.44. The van der Waals surface area contributed by atoms with E-state index in [0.717, 1.165) is 36.2 Å². The van der Waals surface area contributed by atoms with E-state index in [9.17, 15) is 5.11 Å². The average Bonchev–Trinajstić information content (AvgIpc) is 3.10. The predicted octanol–water partition coefficient (Wildman–Crippen LogP) is 8.27. The summed E-state index contributed by atoms with van der Waals surface area (Å²) < 4.78 is 5.72. The molecule has 2 nitrogen and oxygen atoms in total. The van der Waals surface area contributed by atoms with Gasteiger partial charge in [0.2, 0.25) is 0 Å². The zero-order chi connectivity index (χ0) is 24.4. The number of allylic oxidation sites excluding steroid dienone is 3. The Morgan fingerprint density at radius 1 is 1.30 bits per heavy atom. The van der Waals surface area contributed by atoms with Gasteiger partial charge >= 0.3 is 0 Å². The third-order valence-corrected chi connectivity index (χ3v) is 9.55.